The number of carbonyl (C=O) groups excluding carboxylic acids is 1. The second-order valence-corrected chi connectivity index (χ2v) is 6.75. The van der Waals surface area contributed by atoms with Crippen molar-refractivity contribution in [1.29, 1.82) is 0 Å². The zero-order valence-electron chi connectivity index (χ0n) is 14.9. The van der Waals surface area contributed by atoms with Gasteiger partial charge in [-0.3, -0.25) is 9.36 Å². The van der Waals surface area contributed by atoms with E-state index in [-0.39, 0.29) is 11.7 Å². The summed E-state index contributed by atoms with van der Waals surface area (Å²) in [5.41, 5.74) is 3.99. The lowest BCUT2D eigenvalue weighted by molar-refractivity contribution is -0.113. The van der Waals surface area contributed by atoms with E-state index in [4.69, 9.17) is 4.74 Å². The molecule has 134 valence electrons. The second-order valence-electron chi connectivity index (χ2n) is 5.81. The molecule has 0 saturated heterocycles. The fourth-order valence-corrected chi connectivity index (χ4v) is 3.35. The third kappa shape index (κ3) is 4.05. The zero-order chi connectivity index (χ0) is 18.5. The summed E-state index contributed by atoms with van der Waals surface area (Å²) in [5.74, 6) is 0.723. The normalized spacial score (nSPS) is 10.6. The van der Waals surface area contributed by atoms with Crippen LogP contribution in [0, 0.1) is 13.8 Å². The maximum atomic E-state index is 12.3. The molecule has 1 heterocycles. The van der Waals surface area contributed by atoms with Crippen LogP contribution in [0.15, 0.2) is 53.9 Å². The first kappa shape index (κ1) is 18.0. The van der Waals surface area contributed by atoms with Gasteiger partial charge in [0.05, 0.1) is 24.2 Å². The maximum absolute atomic E-state index is 12.3. The summed E-state index contributed by atoms with van der Waals surface area (Å²) in [4.78, 5) is 12.3. The number of rotatable bonds is 6. The molecule has 0 spiro atoms. The van der Waals surface area contributed by atoms with Crippen LogP contribution >= 0.6 is 11.8 Å². The van der Waals surface area contributed by atoms with Crippen LogP contribution in [0.4, 0.5) is 5.69 Å². The number of nitrogens with one attached hydrogen (secondary N) is 1. The van der Waals surface area contributed by atoms with E-state index in [1.54, 1.807) is 25.6 Å². The van der Waals surface area contributed by atoms with Gasteiger partial charge in [-0.25, -0.2) is 0 Å². The first-order valence-corrected chi connectivity index (χ1v) is 9.10. The first-order chi connectivity index (χ1) is 12.6. The molecule has 1 N–H and O–H groups in total. The molecule has 0 saturated carbocycles. The van der Waals surface area contributed by atoms with E-state index in [9.17, 15) is 4.79 Å². The molecule has 3 aromatic rings. The Hall–Kier alpha value is -2.80. The van der Waals surface area contributed by atoms with E-state index in [1.165, 1.54) is 17.3 Å². The van der Waals surface area contributed by atoms with Gasteiger partial charge in [-0.05, 0) is 37.6 Å². The Kier molecular flexibility index (Phi) is 5.58. The smallest absolute Gasteiger partial charge is 0.234 e. The largest absolute Gasteiger partial charge is 0.495 e. The highest BCUT2D eigenvalue weighted by atomic mass is 32.2. The number of carbonyl (C=O) groups is 1. The molecule has 0 aliphatic carbocycles. The predicted octanol–water partition coefficient (Wildman–Crippen LogP) is 3.62. The molecule has 0 fully saturated rings. The highest BCUT2D eigenvalue weighted by Crippen LogP contribution is 2.25. The molecule has 6 nitrogen and oxygen atoms in total. The van der Waals surface area contributed by atoms with E-state index < -0.39 is 0 Å². The Morgan fingerprint density at radius 3 is 2.81 bits per heavy atom. The second kappa shape index (κ2) is 8.05. The van der Waals surface area contributed by atoms with Gasteiger partial charge in [-0.2, -0.15) is 0 Å². The average Bonchev–Trinajstić information content (AvgIpc) is 3.09. The van der Waals surface area contributed by atoms with Crippen LogP contribution in [0.2, 0.25) is 0 Å². The molecule has 7 heteroatoms. The first-order valence-electron chi connectivity index (χ1n) is 8.12. The molecular weight excluding hydrogens is 348 g/mol. The van der Waals surface area contributed by atoms with Crippen molar-refractivity contribution in [2.45, 2.75) is 19.0 Å². The number of hydrogen-bond donors (Lipinski definition) is 1. The summed E-state index contributed by atoms with van der Waals surface area (Å²) >= 11 is 1.34. The fourth-order valence-electron chi connectivity index (χ4n) is 2.63. The number of benzene rings is 2. The van der Waals surface area contributed by atoms with Crippen molar-refractivity contribution < 1.29 is 9.53 Å². The highest BCUT2D eigenvalue weighted by Gasteiger charge is 2.13. The van der Waals surface area contributed by atoms with Crippen molar-refractivity contribution in [3.05, 3.63) is 59.9 Å². The summed E-state index contributed by atoms with van der Waals surface area (Å²) in [7, 11) is 1.58. The standard InChI is InChI=1S/C19H20N4O2S/c1-13-8-9-16(14(2)10-13)23-12-20-22-19(23)26-11-18(24)21-15-6-4-5-7-17(15)25-3/h4-10,12H,11H2,1-3H3,(H,21,24). The number of aryl methyl sites for hydroxylation is 2. The molecule has 2 aromatic carbocycles. The Morgan fingerprint density at radius 1 is 1.23 bits per heavy atom. The number of para-hydroxylation sites is 2. The average molecular weight is 368 g/mol. The van der Waals surface area contributed by atoms with Crippen molar-refractivity contribution >= 4 is 23.4 Å². The molecule has 0 unspecified atom stereocenters. The predicted molar refractivity (Wildman–Crippen MR) is 103 cm³/mol. The number of methoxy groups -OCH3 is 1. The minimum Gasteiger partial charge on any atom is -0.495 e. The van der Waals surface area contributed by atoms with Crippen molar-refractivity contribution in [2.75, 3.05) is 18.2 Å². The van der Waals surface area contributed by atoms with E-state index in [0.29, 0.717) is 16.6 Å². The quantitative estimate of drug-likeness (QED) is 0.673. The van der Waals surface area contributed by atoms with Gasteiger partial charge in [0.25, 0.3) is 0 Å². The Labute approximate surface area is 156 Å². The number of anilines is 1. The lowest BCUT2D eigenvalue weighted by Crippen LogP contribution is -2.15. The Bertz CT molecular complexity index is 923. The van der Waals surface area contributed by atoms with E-state index in [0.717, 1.165) is 11.3 Å². The third-order valence-corrected chi connectivity index (χ3v) is 4.78. The number of amides is 1. The number of nitrogens with zero attached hydrogens (tertiary/aromatic N) is 3. The Balaban J connectivity index is 1.69. The SMILES string of the molecule is COc1ccccc1NC(=O)CSc1nncn1-c1ccc(C)cc1C. The van der Waals surface area contributed by atoms with Gasteiger partial charge in [0, 0.05) is 0 Å². The molecule has 0 aliphatic heterocycles. The van der Waals surface area contributed by atoms with Crippen LogP contribution < -0.4 is 10.1 Å². The van der Waals surface area contributed by atoms with Gasteiger partial charge in [-0.15, -0.1) is 10.2 Å². The summed E-state index contributed by atoms with van der Waals surface area (Å²) in [6.07, 6.45) is 1.66. The van der Waals surface area contributed by atoms with E-state index >= 15 is 0 Å². The van der Waals surface area contributed by atoms with Crippen molar-refractivity contribution in [1.82, 2.24) is 14.8 Å². The molecule has 1 amide bonds. The molecule has 1 aromatic heterocycles. The third-order valence-electron chi connectivity index (χ3n) is 3.84. The topological polar surface area (TPSA) is 69.0 Å². The van der Waals surface area contributed by atoms with Crippen LogP contribution in [0.3, 0.4) is 0 Å². The number of hydrogen-bond acceptors (Lipinski definition) is 5. The summed E-state index contributed by atoms with van der Waals surface area (Å²) < 4.78 is 7.15. The molecule has 3 rings (SSSR count). The molecule has 0 radical (unpaired) electrons. The monoisotopic (exact) mass is 368 g/mol. The lowest BCUT2D eigenvalue weighted by atomic mass is 10.1. The Morgan fingerprint density at radius 2 is 2.04 bits per heavy atom. The minimum absolute atomic E-state index is 0.130. The number of aromatic nitrogens is 3. The summed E-state index contributed by atoms with van der Waals surface area (Å²) in [6.45, 7) is 4.10. The summed E-state index contributed by atoms with van der Waals surface area (Å²) in [5, 5.41) is 11.7. The fraction of sp³-hybridized carbons (Fsp3) is 0.211. The van der Waals surface area contributed by atoms with Crippen LogP contribution in [-0.4, -0.2) is 33.5 Å². The van der Waals surface area contributed by atoms with Crippen LogP contribution in [0.1, 0.15) is 11.1 Å². The maximum Gasteiger partial charge on any atom is 0.234 e. The summed E-state index contributed by atoms with van der Waals surface area (Å²) in [6, 6.07) is 13.5. The molecule has 26 heavy (non-hydrogen) atoms. The number of thioether (sulfide) groups is 1. The molecule has 0 bridgehead atoms. The van der Waals surface area contributed by atoms with Crippen molar-refractivity contribution in [3.8, 4) is 11.4 Å². The molecular formula is C19H20N4O2S. The van der Waals surface area contributed by atoms with Crippen LogP contribution in [-0.2, 0) is 4.79 Å². The van der Waals surface area contributed by atoms with Crippen molar-refractivity contribution in [2.24, 2.45) is 0 Å². The van der Waals surface area contributed by atoms with Crippen LogP contribution in [0.5, 0.6) is 5.75 Å². The van der Waals surface area contributed by atoms with Gasteiger partial charge in [0.1, 0.15) is 12.1 Å². The van der Waals surface area contributed by atoms with E-state index in [2.05, 4.69) is 28.5 Å². The zero-order valence-corrected chi connectivity index (χ0v) is 15.7. The van der Waals surface area contributed by atoms with Gasteiger partial charge in [0.2, 0.25) is 5.91 Å². The molecule has 0 atom stereocenters. The molecule has 0 aliphatic rings. The van der Waals surface area contributed by atoms with E-state index in [1.807, 2.05) is 35.8 Å². The lowest BCUT2D eigenvalue weighted by Gasteiger charge is -2.11. The minimum atomic E-state index is -0.130. The highest BCUT2D eigenvalue weighted by molar-refractivity contribution is 7.99. The number of ether oxygens (including phenoxy) is 1. The van der Waals surface area contributed by atoms with Gasteiger partial charge >= 0.3 is 0 Å². The van der Waals surface area contributed by atoms with Gasteiger partial charge in [0.15, 0.2) is 5.16 Å². The van der Waals surface area contributed by atoms with Gasteiger partial charge < -0.3 is 10.1 Å². The van der Waals surface area contributed by atoms with Crippen molar-refractivity contribution in [3.63, 3.8) is 0 Å². The van der Waals surface area contributed by atoms with Gasteiger partial charge in [-0.1, -0.05) is 41.6 Å². The van der Waals surface area contributed by atoms with Crippen LogP contribution in [0.25, 0.3) is 5.69 Å².